The highest BCUT2D eigenvalue weighted by atomic mass is 32.1. The molecule has 1 fully saturated rings. The van der Waals surface area contributed by atoms with Gasteiger partial charge in [0.2, 0.25) is 5.91 Å². The smallest absolute Gasteiger partial charge is 0.341 e. The summed E-state index contributed by atoms with van der Waals surface area (Å²) < 4.78 is 11.0. The van der Waals surface area contributed by atoms with Crippen LogP contribution in [0.2, 0.25) is 0 Å². The van der Waals surface area contributed by atoms with E-state index >= 15 is 0 Å². The van der Waals surface area contributed by atoms with Gasteiger partial charge in [0.05, 0.1) is 30.9 Å². The zero-order chi connectivity index (χ0) is 19.6. The van der Waals surface area contributed by atoms with Crippen LogP contribution >= 0.6 is 11.3 Å². The molecule has 6 nitrogen and oxygen atoms in total. The Morgan fingerprint density at radius 3 is 2.63 bits per heavy atom. The molecule has 1 aromatic rings. The highest BCUT2D eigenvalue weighted by molar-refractivity contribution is 7.17. The van der Waals surface area contributed by atoms with Gasteiger partial charge in [-0.25, -0.2) is 4.79 Å². The molecule has 2 aliphatic rings. The first-order valence-electron chi connectivity index (χ1n) is 9.86. The Kier molecular flexibility index (Phi) is 6.55. The van der Waals surface area contributed by atoms with Gasteiger partial charge in [-0.15, -0.1) is 11.3 Å². The van der Waals surface area contributed by atoms with Crippen molar-refractivity contribution in [3.8, 4) is 0 Å². The molecule has 0 spiro atoms. The summed E-state index contributed by atoms with van der Waals surface area (Å²) in [5.74, 6) is 0.188. The molecule has 1 N–H and O–H groups in total. The third-order valence-corrected chi connectivity index (χ3v) is 6.28. The quantitative estimate of drug-likeness (QED) is 0.778. The van der Waals surface area contributed by atoms with E-state index in [-0.39, 0.29) is 24.1 Å². The maximum Gasteiger partial charge on any atom is 0.341 e. The monoisotopic (exact) mass is 394 g/mol. The van der Waals surface area contributed by atoms with Crippen molar-refractivity contribution in [2.75, 3.05) is 31.6 Å². The zero-order valence-corrected chi connectivity index (χ0v) is 17.5. The van der Waals surface area contributed by atoms with Gasteiger partial charge >= 0.3 is 5.97 Å². The number of carbonyl (C=O) groups excluding carboxylic acids is 2. The fraction of sp³-hybridized carbons (Fsp3) is 0.700. The van der Waals surface area contributed by atoms with Crippen LogP contribution in [0, 0.1) is 5.92 Å². The molecule has 27 heavy (non-hydrogen) atoms. The number of hydrogen-bond acceptors (Lipinski definition) is 6. The summed E-state index contributed by atoms with van der Waals surface area (Å²) in [7, 11) is 0. The lowest BCUT2D eigenvalue weighted by Crippen LogP contribution is -2.48. The number of thiophene rings is 1. The maximum atomic E-state index is 12.7. The molecule has 0 unspecified atom stereocenters. The van der Waals surface area contributed by atoms with Crippen molar-refractivity contribution in [1.82, 2.24) is 4.90 Å². The molecule has 1 aliphatic heterocycles. The number of ether oxygens (including phenoxy) is 2. The second kappa shape index (κ2) is 8.71. The number of esters is 1. The van der Waals surface area contributed by atoms with E-state index in [1.54, 1.807) is 6.92 Å². The molecule has 3 rings (SSSR count). The van der Waals surface area contributed by atoms with Gasteiger partial charge < -0.3 is 14.8 Å². The van der Waals surface area contributed by atoms with Crippen LogP contribution in [0.3, 0.4) is 0 Å². The lowest BCUT2D eigenvalue weighted by atomic mass is 9.88. The van der Waals surface area contributed by atoms with E-state index in [0.29, 0.717) is 29.6 Å². The van der Waals surface area contributed by atoms with E-state index < -0.39 is 0 Å². The SMILES string of the molecule is CCOC(=O)c1c(NC(=O)CN2C[C@@H](C)O[C@@H](C)C2)sc2c1CC[C@@H](C)C2. The number of nitrogens with zero attached hydrogens (tertiary/aromatic N) is 1. The molecule has 0 saturated carbocycles. The average Bonchev–Trinajstić information content (AvgIpc) is 2.90. The van der Waals surface area contributed by atoms with Gasteiger partial charge in [-0.3, -0.25) is 9.69 Å². The summed E-state index contributed by atoms with van der Waals surface area (Å²) in [6.45, 7) is 10.2. The summed E-state index contributed by atoms with van der Waals surface area (Å²) in [5, 5.41) is 3.64. The van der Waals surface area contributed by atoms with Crippen LogP contribution in [0.5, 0.6) is 0 Å². The lowest BCUT2D eigenvalue weighted by Gasteiger charge is -2.34. The van der Waals surface area contributed by atoms with Gasteiger partial charge in [-0.1, -0.05) is 6.92 Å². The topological polar surface area (TPSA) is 67.9 Å². The van der Waals surface area contributed by atoms with Crippen molar-refractivity contribution in [3.05, 3.63) is 16.0 Å². The number of anilines is 1. The Balaban J connectivity index is 1.75. The van der Waals surface area contributed by atoms with E-state index in [2.05, 4.69) is 17.1 Å². The van der Waals surface area contributed by atoms with E-state index in [4.69, 9.17) is 9.47 Å². The number of fused-ring (bicyclic) bond motifs is 1. The first-order valence-corrected chi connectivity index (χ1v) is 10.7. The molecule has 0 radical (unpaired) electrons. The van der Waals surface area contributed by atoms with Crippen molar-refractivity contribution in [2.45, 2.75) is 59.2 Å². The molecule has 7 heteroatoms. The van der Waals surface area contributed by atoms with Gasteiger partial charge in [0, 0.05) is 18.0 Å². The minimum absolute atomic E-state index is 0.0894. The lowest BCUT2D eigenvalue weighted by molar-refractivity contribution is -0.121. The summed E-state index contributed by atoms with van der Waals surface area (Å²) in [5.41, 5.74) is 1.64. The molecule has 1 aliphatic carbocycles. The zero-order valence-electron chi connectivity index (χ0n) is 16.7. The first kappa shape index (κ1) is 20.3. The van der Waals surface area contributed by atoms with E-state index in [0.717, 1.165) is 37.9 Å². The second-order valence-corrected chi connectivity index (χ2v) is 8.88. The Bertz CT molecular complexity index is 692. The van der Waals surface area contributed by atoms with Gasteiger partial charge in [0.25, 0.3) is 0 Å². The van der Waals surface area contributed by atoms with Crippen LogP contribution in [0.4, 0.5) is 5.00 Å². The number of carbonyl (C=O) groups is 2. The van der Waals surface area contributed by atoms with Crippen LogP contribution < -0.4 is 5.32 Å². The Hall–Kier alpha value is -1.44. The summed E-state index contributed by atoms with van der Waals surface area (Å²) in [6.07, 6.45) is 3.13. The van der Waals surface area contributed by atoms with E-state index in [1.807, 2.05) is 13.8 Å². The predicted octanol–water partition coefficient (Wildman–Crippen LogP) is 3.10. The normalized spacial score (nSPS) is 25.7. The molecule has 0 bridgehead atoms. The van der Waals surface area contributed by atoms with Gasteiger partial charge in [-0.05, 0) is 51.5 Å². The molecule has 3 atom stereocenters. The number of rotatable bonds is 5. The Morgan fingerprint density at radius 1 is 1.26 bits per heavy atom. The fourth-order valence-electron chi connectivity index (χ4n) is 4.04. The van der Waals surface area contributed by atoms with Crippen molar-refractivity contribution >= 4 is 28.2 Å². The average molecular weight is 395 g/mol. The Morgan fingerprint density at radius 2 is 1.96 bits per heavy atom. The van der Waals surface area contributed by atoms with Gasteiger partial charge in [-0.2, -0.15) is 0 Å². The van der Waals surface area contributed by atoms with E-state index in [9.17, 15) is 9.59 Å². The highest BCUT2D eigenvalue weighted by Gasteiger charge is 2.30. The third kappa shape index (κ3) is 4.89. The number of nitrogens with one attached hydrogen (secondary N) is 1. The second-order valence-electron chi connectivity index (χ2n) is 7.78. The molecular weight excluding hydrogens is 364 g/mol. The van der Waals surface area contributed by atoms with Crippen molar-refractivity contribution in [2.24, 2.45) is 5.92 Å². The van der Waals surface area contributed by atoms with Crippen molar-refractivity contribution < 1.29 is 19.1 Å². The van der Waals surface area contributed by atoms with E-state index in [1.165, 1.54) is 16.2 Å². The molecule has 1 amide bonds. The fourth-order valence-corrected chi connectivity index (χ4v) is 5.46. The molecule has 150 valence electrons. The van der Waals surface area contributed by atoms with Crippen LogP contribution in [-0.2, 0) is 27.1 Å². The van der Waals surface area contributed by atoms with Crippen LogP contribution in [-0.4, -0.2) is 55.2 Å². The largest absolute Gasteiger partial charge is 0.462 e. The summed E-state index contributed by atoms with van der Waals surface area (Å²) in [6, 6.07) is 0. The van der Waals surface area contributed by atoms with Gasteiger partial charge in [0.15, 0.2) is 0 Å². The number of amides is 1. The van der Waals surface area contributed by atoms with Crippen LogP contribution in [0.25, 0.3) is 0 Å². The molecule has 0 aromatic carbocycles. The molecule has 1 aromatic heterocycles. The maximum absolute atomic E-state index is 12.7. The standard InChI is InChI=1S/C20H30N2O4S/c1-5-25-20(24)18-15-7-6-12(2)8-16(15)27-19(18)21-17(23)11-22-9-13(3)26-14(4)10-22/h12-14H,5-11H2,1-4H3,(H,21,23)/t12-,13-,14+/m1/s1. The third-order valence-electron chi connectivity index (χ3n) is 5.11. The summed E-state index contributed by atoms with van der Waals surface area (Å²) >= 11 is 1.54. The number of hydrogen-bond donors (Lipinski definition) is 1. The minimum Gasteiger partial charge on any atom is -0.462 e. The number of morpholine rings is 1. The molecular formula is C20H30N2O4S. The summed E-state index contributed by atoms with van der Waals surface area (Å²) in [4.78, 5) is 28.5. The predicted molar refractivity (Wildman–Crippen MR) is 107 cm³/mol. The molecule has 1 saturated heterocycles. The minimum atomic E-state index is -0.325. The van der Waals surface area contributed by atoms with Crippen LogP contribution in [0.15, 0.2) is 0 Å². The first-order chi connectivity index (χ1) is 12.9. The van der Waals surface area contributed by atoms with Crippen molar-refractivity contribution in [1.29, 1.82) is 0 Å². The highest BCUT2D eigenvalue weighted by Crippen LogP contribution is 2.40. The van der Waals surface area contributed by atoms with Crippen molar-refractivity contribution in [3.63, 3.8) is 0 Å². The van der Waals surface area contributed by atoms with Crippen LogP contribution in [0.1, 0.15) is 54.9 Å². The van der Waals surface area contributed by atoms with Gasteiger partial charge in [0.1, 0.15) is 5.00 Å². The Labute approximate surface area is 165 Å². The molecule has 2 heterocycles.